The van der Waals surface area contributed by atoms with Crippen LogP contribution in [0.2, 0.25) is 0 Å². The Bertz CT molecular complexity index is 143. The monoisotopic (exact) mass is 262 g/mol. The molecule has 0 fully saturated rings. The predicted molar refractivity (Wildman–Crippen MR) is 24.4 cm³/mol. The van der Waals surface area contributed by atoms with Crippen LogP contribution in [-0.2, 0) is 0 Å². The molecule has 0 aliphatic carbocycles. The molecule has 0 unspecified atom stereocenters. The smallest absolute Gasteiger partial charge is 0.524 e. The Labute approximate surface area is 153 Å². The second kappa shape index (κ2) is 8.78. The first kappa shape index (κ1) is 14.2. The van der Waals surface area contributed by atoms with Gasteiger partial charge in [-0.1, -0.05) is 0 Å². The van der Waals surface area contributed by atoms with Gasteiger partial charge < -0.3 is 9.97 Å². The maximum Gasteiger partial charge on any atom is 1.00 e. The molecule has 1 aromatic rings. The van der Waals surface area contributed by atoms with Gasteiger partial charge in [0.05, 0.1) is 0 Å². The van der Waals surface area contributed by atoms with Gasteiger partial charge in [-0.3, -0.25) is 12.3 Å². The zero-order chi connectivity index (χ0) is 5.11. The first-order chi connectivity index (χ1) is 3.39. The van der Waals surface area contributed by atoms with E-state index in [1.165, 1.54) is 0 Å². The van der Waals surface area contributed by atoms with Crippen molar-refractivity contribution in [3.63, 3.8) is 0 Å². The first-order valence-corrected chi connectivity index (χ1v) is 1.97. The molecule has 36 valence electrons. The summed E-state index contributed by atoms with van der Waals surface area (Å²) < 4.78 is 0. The third-order valence-corrected chi connectivity index (χ3v) is 0.614. The van der Waals surface area contributed by atoms with Gasteiger partial charge in [0.1, 0.15) is 0 Å². The van der Waals surface area contributed by atoms with Crippen LogP contribution in [0.1, 0.15) is 5.69 Å². The molecule has 0 spiro atoms. The maximum absolute atomic E-state index is 3.71. The zero-order valence-corrected chi connectivity index (χ0v) is 15.8. The Kier molecular flexibility index (Phi) is 13.9. The number of rotatable bonds is 0. The van der Waals surface area contributed by atoms with E-state index in [2.05, 4.69) is 22.5 Å². The molecule has 0 N–H and O–H groups in total. The van der Waals surface area contributed by atoms with Crippen LogP contribution >= 0.6 is 0 Å². The molecule has 0 amide bonds. The molecule has 4 heteroatoms. The minimum absolute atomic E-state index is 0. The van der Waals surface area contributed by atoms with Gasteiger partial charge in [-0.05, 0) is 0 Å². The molecule has 0 aliphatic heterocycles. The number of nitrogens with zero attached hydrogens (tertiary/aromatic N) is 2. The second-order valence-electron chi connectivity index (χ2n) is 1.24. The molecular formula is C5H4N2Rb2. The van der Waals surface area contributed by atoms with Gasteiger partial charge in [0, 0.05) is 0 Å². The van der Waals surface area contributed by atoms with E-state index in [4.69, 9.17) is 0 Å². The molecule has 0 aromatic carbocycles. The van der Waals surface area contributed by atoms with Crippen molar-refractivity contribution in [1.82, 2.24) is 9.97 Å². The van der Waals surface area contributed by atoms with Crippen molar-refractivity contribution in [3.05, 3.63) is 24.3 Å². The summed E-state index contributed by atoms with van der Waals surface area (Å²) in [7, 11) is 0. The molecule has 0 aliphatic rings. The third-order valence-electron chi connectivity index (χ3n) is 0.614. The van der Waals surface area contributed by atoms with Crippen LogP contribution < -0.4 is 116 Å². The summed E-state index contributed by atoms with van der Waals surface area (Å²) in [5, 5.41) is 0. The number of aromatic nitrogens is 2. The van der Waals surface area contributed by atoms with Gasteiger partial charge >= 0.3 is 116 Å². The largest absolute Gasteiger partial charge is 1.00 e. The van der Waals surface area contributed by atoms with E-state index >= 15 is 0 Å². The molecule has 0 saturated heterocycles. The average molecular weight is 263 g/mol. The molecular weight excluding hydrogens is 259 g/mol. The molecule has 9 heavy (non-hydrogen) atoms. The van der Waals surface area contributed by atoms with E-state index in [1.54, 1.807) is 6.07 Å². The summed E-state index contributed by atoms with van der Waals surface area (Å²) in [6, 6.07) is 1.70. The van der Waals surface area contributed by atoms with Crippen molar-refractivity contribution in [2.45, 2.75) is 6.92 Å². The molecule has 1 aromatic heterocycles. The minimum atomic E-state index is 0. The minimum Gasteiger partial charge on any atom is -0.524 e. The third kappa shape index (κ3) is 7.06. The molecule has 0 atom stereocenters. The number of hydrogen-bond acceptors (Lipinski definition) is 2. The van der Waals surface area contributed by atoms with Crippen LogP contribution in [0.4, 0.5) is 0 Å². The summed E-state index contributed by atoms with van der Waals surface area (Å²) in [6.07, 6.45) is 5.00. The topological polar surface area (TPSA) is 25.8 Å². The van der Waals surface area contributed by atoms with E-state index in [0.29, 0.717) is 0 Å². The predicted octanol–water partition coefficient (Wildman–Crippen LogP) is -5.61. The van der Waals surface area contributed by atoms with Gasteiger partial charge in [0.25, 0.3) is 0 Å². The number of aryl methyl sites for hydroxylation is 1. The van der Waals surface area contributed by atoms with Gasteiger partial charge in [0.2, 0.25) is 0 Å². The van der Waals surface area contributed by atoms with Crippen molar-refractivity contribution < 1.29 is 116 Å². The summed E-state index contributed by atoms with van der Waals surface area (Å²) in [5.41, 5.74) is 0.898. The Hall–Kier alpha value is 2.69. The van der Waals surface area contributed by atoms with Crippen molar-refractivity contribution in [2.75, 3.05) is 0 Å². The van der Waals surface area contributed by atoms with Crippen molar-refractivity contribution >= 4 is 0 Å². The van der Waals surface area contributed by atoms with Gasteiger partial charge in [-0.2, -0.15) is 12.0 Å². The van der Waals surface area contributed by atoms with E-state index in [9.17, 15) is 0 Å². The Balaban J connectivity index is 0. The van der Waals surface area contributed by atoms with Crippen LogP contribution in [0.3, 0.4) is 0 Å². The fourth-order valence-electron chi connectivity index (χ4n) is 0.291. The molecule has 0 radical (unpaired) electrons. The van der Waals surface area contributed by atoms with Gasteiger partial charge in [-0.25, -0.2) is 0 Å². The standard InChI is InChI=1S/C5H4N2.2Rb/c1-5-2-3-6-4-7-5;;/h2H,1H3;;/q-2;2*+1. The van der Waals surface area contributed by atoms with Crippen LogP contribution in [0.15, 0.2) is 6.07 Å². The Morgan fingerprint density at radius 1 is 1.44 bits per heavy atom. The maximum atomic E-state index is 3.71. The van der Waals surface area contributed by atoms with E-state index in [-0.39, 0.29) is 116 Å². The van der Waals surface area contributed by atoms with Crippen LogP contribution in [0.5, 0.6) is 0 Å². The molecule has 0 saturated carbocycles. The summed E-state index contributed by atoms with van der Waals surface area (Å²) >= 11 is 0. The van der Waals surface area contributed by atoms with Crippen molar-refractivity contribution in [2.24, 2.45) is 0 Å². The van der Waals surface area contributed by atoms with Crippen LogP contribution in [0, 0.1) is 19.4 Å². The summed E-state index contributed by atoms with van der Waals surface area (Å²) in [4.78, 5) is 7.20. The van der Waals surface area contributed by atoms with Gasteiger partial charge in [-0.15, -0.1) is 6.92 Å². The SMILES string of the molecule is Cc1c[c-]n[c-]n1.[Rb+].[Rb+]. The normalized spacial score (nSPS) is 6.78. The Morgan fingerprint density at radius 2 is 2.11 bits per heavy atom. The molecule has 2 nitrogen and oxygen atoms in total. The van der Waals surface area contributed by atoms with Crippen molar-refractivity contribution in [1.29, 1.82) is 0 Å². The van der Waals surface area contributed by atoms with E-state index < -0.39 is 0 Å². The van der Waals surface area contributed by atoms with Gasteiger partial charge in [0.15, 0.2) is 0 Å². The molecule has 1 heterocycles. The van der Waals surface area contributed by atoms with Crippen LogP contribution in [-0.4, -0.2) is 9.97 Å². The second-order valence-corrected chi connectivity index (χ2v) is 1.24. The van der Waals surface area contributed by atoms with E-state index in [0.717, 1.165) is 5.69 Å². The summed E-state index contributed by atoms with van der Waals surface area (Å²) in [6.45, 7) is 1.87. The first-order valence-electron chi connectivity index (χ1n) is 1.97. The van der Waals surface area contributed by atoms with Crippen LogP contribution in [0.25, 0.3) is 0 Å². The van der Waals surface area contributed by atoms with Crippen molar-refractivity contribution in [3.8, 4) is 0 Å². The fraction of sp³-hybridized carbons (Fsp3) is 0.200. The summed E-state index contributed by atoms with van der Waals surface area (Å²) in [5.74, 6) is 0. The van der Waals surface area contributed by atoms with E-state index in [1.807, 2.05) is 6.92 Å². The zero-order valence-electron chi connectivity index (χ0n) is 5.97. The average Bonchev–Trinajstić information content (AvgIpc) is 1.69. The quantitative estimate of drug-likeness (QED) is 0.436. The molecule has 0 bridgehead atoms. The number of hydrogen-bond donors (Lipinski definition) is 0. The molecule has 1 rings (SSSR count). The Morgan fingerprint density at radius 3 is 2.33 bits per heavy atom. The fourth-order valence-corrected chi connectivity index (χ4v) is 0.291.